The molecule has 4 heteroatoms. The monoisotopic (exact) mass is 523 g/mol. The van der Waals surface area contributed by atoms with Crippen LogP contribution in [-0.4, -0.2) is 27.7 Å². The number of rotatable bonds is 8. The fraction of sp³-hybridized carbons (Fsp3) is 0.794. The van der Waals surface area contributed by atoms with E-state index in [2.05, 4.69) is 51.9 Å². The molecule has 4 fully saturated rings. The third-order valence-electron chi connectivity index (χ3n) is 12.3. The largest absolute Gasteiger partial charge is 0.411 e. The third kappa shape index (κ3) is 4.76. The zero-order valence-electron chi connectivity index (χ0n) is 24.7. The van der Waals surface area contributed by atoms with Gasteiger partial charge in [-0.15, -0.1) is 0 Å². The van der Waals surface area contributed by atoms with E-state index in [1.807, 2.05) is 18.2 Å². The number of hydrogen-bond acceptors (Lipinski definition) is 4. The molecule has 0 unspecified atom stereocenters. The summed E-state index contributed by atoms with van der Waals surface area (Å²) in [5.74, 6) is 4.04. The molecule has 4 saturated carbocycles. The van der Waals surface area contributed by atoms with Crippen LogP contribution in [0.5, 0.6) is 0 Å². The Morgan fingerprint density at radius 2 is 1.74 bits per heavy atom. The van der Waals surface area contributed by atoms with E-state index >= 15 is 0 Å². The van der Waals surface area contributed by atoms with Gasteiger partial charge in [-0.05, 0) is 91.4 Å². The molecule has 0 aromatic heterocycles. The number of aliphatic hydroxyl groups is 1. The molecule has 212 valence electrons. The lowest BCUT2D eigenvalue weighted by Crippen LogP contribution is -2.67. The van der Waals surface area contributed by atoms with Crippen LogP contribution in [0.15, 0.2) is 35.5 Å². The van der Waals surface area contributed by atoms with Crippen LogP contribution < -0.4 is 0 Å². The van der Waals surface area contributed by atoms with Crippen molar-refractivity contribution < 1.29 is 15.1 Å². The second kappa shape index (κ2) is 10.9. The standard InChI is InChI=1S/C34H53NO3/c1-23(2)10-9-11-24(3)28-14-15-29-27-20-31(35-37)34(36)21-26(38-22-25-12-7-6-8-13-25)16-19-33(34,5)30(27)17-18-32(28,29)4/h6-8,12-13,23-24,26-30,36-37H,9-11,14-22H2,1-5H3/t24-,26+,27+,28-,29+,30+,32-,33-,34-/m1/s1. The first-order chi connectivity index (χ1) is 18.1. The molecular formula is C34H53NO3. The zero-order valence-corrected chi connectivity index (χ0v) is 24.7. The van der Waals surface area contributed by atoms with Gasteiger partial charge < -0.3 is 15.1 Å². The first-order valence-corrected chi connectivity index (χ1v) is 15.7. The van der Waals surface area contributed by atoms with Gasteiger partial charge in [-0.25, -0.2) is 0 Å². The maximum absolute atomic E-state index is 12.3. The van der Waals surface area contributed by atoms with Crippen molar-refractivity contribution in [1.82, 2.24) is 0 Å². The van der Waals surface area contributed by atoms with Crippen LogP contribution in [0.4, 0.5) is 0 Å². The Hall–Kier alpha value is -1.39. The summed E-state index contributed by atoms with van der Waals surface area (Å²) in [7, 11) is 0. The van der Waals surface area contributed by atoms with E-state index in [-0.39, 0.29) is 11.5 Å². The third-order valence-corrected chi connectivity index (χ3v) is 12.3. The number of nitrogens with zero attached hydrogens (tertiary/aromatic N) is 1. The topological polar surface area (TPSA) is 62.1 Å². The highest BCUT2D eigenvalue weighted by atomic mass is 16.5. The van der Waals surface area contributed by atoms with Gasteiger partial charge in [0.1, 0.15) is 5.60 Å². The maximum atomic E-state index is 12.3. The van der Waals surface area contributed by atoms with Crippen LogP contribution in [-0.2, 0) is 11.3 Å². The van der Waals surface area contributed by atoms with Crippen molar-refractivity contribution in [3.05, 3.63) is 35.9 Å². The van der Waals surface area contributed by atoms with Crippen molar-refractivity contribution in [2.24, 2.45) is 51.5 Å². The molecule has 9 atom stereocenters. The van der Waals surface area contributed by atoms with Crippen LogP contribution in [0.1, 0.15) is 111 Å². The highest BCUT2D eigenvalue weighted by Crippen LogP contribution is 2.68. The summed E-state index contributed by atoms with van der Waals surface area (Å²) in [6, 6.07) is 10.3. The second-order valence-electron chi connectivity index (χ2n) is 14.6. The minimum absolute atomic E-state index is 0.0158. The summed E-state index contributed by atoms with van der Waals surface area (Å²) in [6.07, 6.45) is 12.3. The van der Waals surface area contributed by atoms with Gasteiger partial charge >= 0.3 is 0 Å². The highest BCUT2D eigenvalue weighted by molar-refractivity contribution is 5.94. The Bertz CT molecular complexity index is 977. The van der Waals surface area contributed by atoms with E-state index in [0.717, 1.165) is 42.6 Å². The molecule has 4 aliphatic rings. The lowest BCUT2D eigenvalue weighted by molar-refractivity contribution is -0.178. The van der Waals surface area contributed by atoms with E-state index in [1.165, 1.54) is 44.9 Å². The van der Waals surface area contributed by atoms with Crippen molar-refractivity contribution >= 4 is 5.71 Å². The van der Waals surface area contributed by atoms with E-state index < -0.39 is 5.60 Å². The summed E-state index contributed by atoms with van der Waals surface area (Å²) in [5, 5.41) is 26.5. The Morgan fingerprint density at radius 1 is 0.974 bits per heavy atom. The summed E-state index contributed by atoms with van der Waals surface area (Å²) in [6.45, 7) is 12.7. The number of ether oxygens (including phenoxy) is 1. The van der Waals surface area contributed by atoms with Gasteiger partial charge in [0.15, 0.2) is 0 Å². The van der Waals surface area contributed by atoms with Crippen molar-refractivity contribution in [3.63, 3.8) is 0 Å². The Labute approximate surface area is 231 Å². The molecule has 0 spiro atoms. The fourth-order valence-electron chi connectivity index (χ4n) is 10.1. The molecule has 0 bridgehead atoms. The van der Waals surface area contributed by atoms with Crippen molar-refractivity contribution in [2.75, 3.05) is 0 Å². The molecule has 2 N–H and O–H groups in total. The van der Waals surface area contributed by atoms with Crippen molar-refractivity contribution in [3.8, 4) is 0 Å². The average Bonchev–Trinajstić information content (AvgIpc) is 3.25. The summed E-state index contributed by atoms with van der Waals surface area (Å²) >= 11 is 0. The molecule has 0 heterocycles. The predicted octanol–water partition coefficient (Wildman–Crippen LogP) is 8.25. The van der Waals surface area contributed by atoms with E-state index in [1.54, 1.807) is 0 Å². The van der Waals surface area contributed by atoms with E-state index in [4.69, 9.17) is 4.74 Å². The smallest absolute Gasteiger partial charge is 0.114 e. The SMILES string of the molecule is CC(C)CCC[C@@H](C)[C@H]1CC[C@H]2[C@@H]3CC(=NO)[C@]4(O)C[C@@H](OCc5ccccc5)CC[C@]4(C)[C@H]3CC[C@]12C. The van der Waals surface area contributed by atoms with Crippen molar-refractivity contribution in [1.29, 1.82) is 0 Å². The van der Waals surface area contributed by atoms with Gasteiger partial charge in [0.05, 0.1) is 18.4 Å². The first-order valence-electron chi connectivity index (χ1n) is 15.7. The molecule has 0 amide bonds. The number of fused-ring (bicyclic) bond motifs is 5. The van der Waals surface area contributed by atoms with Crippen molar-refractivity contribution in [2.45, 2.75) is 124 Å². The molecule has 4 aliphatic carbocycles. The van der Waals surface area contributed by atoms with E-state index in [0.29, 0.717) is 41.9 Å². The molecular weight excluding hydrogens is 470 g/mol. The number of benzene rings is 1. The van der Waals surface area contributed by atoms with Crippen LogP contribution in [0, 0.1) is 46.3 Å². The van der Waals surface area contributed by atoms with Gasteiger partial charge in [-0.1, -0.05) is 89.4 Å². The van der Waals surface area contributed by atoms with Gasteiger partial charge in [-0.3, -0.25) is 0 Å². The van der Waals surface area contributed by atoms with Crippen LogP contribution in [0.2, 0.25) is 0 Å². The van der Waals surface area contributed by atoms with Crippen LogP contribution in [0.3, 0.4) is 0 Å². The van der Waals surface area contributed by atoms with Gasteiger partial charge in [-0.2, -0.15) is 0 Å². The summed E-state index contributed by atoms with van der Waals surface area (Å²) < 4.78 is 6.33. The molecule has 4 nitrogen and oxygen atoms in total. The normalized spacial score (nSPS) is 42.5. The quantitative estimate of drug-likeness (QED) is 0.266. The molecule has 1 aromatic rings. The van der Waals surface area contributed by atoms with Crippen LogP contribution in [0.25, 0.3) is 0 Å². The molecule has 0 saturated heterocycles. The lowest BCUT2D eigenvalue weighted by atomic mass is 9.42. The Kier molecular flexibility index (Phi) is 8.06. The molecule has 38 heavy (non-hydrogen) atoms. The average molecular weight is 524 g/mol. The van der Waals surface area contributed by atoms with Gasteiger partial charge in [0.25, 0.3) is 0 Å². The molecule has 5 rings (SSSR count). The zero-order chi connectivity index (χ0) is 27.1. The minimum atomic E-state index is -1.08. The summed E-state index contributed by atoms with van der Waals surface area (Å²) in [4.78, 5) is 0. The first kappa shape index (κ1) is 28.1. The number of oxime groups is 1. The fourth-order valence-corrected chi connectivity index (χ4v) is 10.1. The second-order valence-corrected chi connectivity index (χ2v) is 14.6. The summed E-state index contributed by atoms with van der Waals surface area (Å²) in [5.41, 5.74) is 0.825. The lowest BCUT2D eigenvalue weighted by Gasteiger charge is -2.64. The van der Waals surface area contributed by atoms with Gasteiger partial charge in [0.2, 0.25) is 0 Å². The predicted molar refractivity (Wildman–Crippen MR) is 154 cm³/mol. The number of hydrogen-bond donors (Lipinski definition) is 2. The van der Waals surface area contributed by atoms with Crippen LogP contribution >= 0.6 is 0 Å². The molecule has 0 aliphatic heterocycles. The van der Waals surface area contributed by atoms with E-state index in [9.17, 15) is 10.3 Å². The maximum Gasteiger partial charge on any atom is 0.114 e. The highest BCUT2D eigenvalue weighted by Gasteiger charge is 2.67. The molecule has 0 radical (unpaired) electrons. The van der Waals surface area contributed by atoms with Gasteiger partial charge in [0, 0.05) is 11.8 Å². The minimum Gasteiger partial charge on any atom is -0.411 e. The molecule has 1 aromatic carbocycles. The Morgan fingerprint density at radius 3 is 2.45 bits per heavy atom. The Balaban J connectivity index is 1.31.